The van der Waals surface area contributed by atoms with E-state index in [4.69, 9.17) is 4.74 Å². The van der Waals surface area contributed by atoms with Crippen LogP contribution in [0.15, 0.2) is 52.7 Å². The summed E-state index contributed by atoms with van der Waals surface area (Å²) in [4.78, 5) is 31.2. The van der Waals surface area contributed by atoms with Crippen LogP contribution in [0.25, 0.3) is 11.3 Å². The molecule has 0 spiro atoms. The van der Waals surface area contributed by atoms with Gasteiger partial charge in [-0.05, 0) is 62.2 Å². The Labute approximate surface area is 207 Å². The number of hydrogen-bond donors (Lipinski definition) is 1. The summed E-state index contributed by atoms with van der Waals surface area (Å²) in [6.45, 7) is 2.77. The van der Waals surface area contributed by atoms with Crippen molar-refractivity contribution in [3.8, 4) is 17.0 Å². The van der Waals surface area contributed by atoms with Crippen molar-refractivity contribution in [2.45, 2.75) is 30.8 Å². The molecule has 1 saturated heterocycles. The number of carbonyl (C=O) groups is 2. The van der Waals surface area contributed by atoms with Crippen molar-refractivity contribution in [3.63, 3.8) is 0 Å². The molecule has 0 saturated carbocycles. The number of nitrogens with zero attached hydrogens (tertiary/aromatic N) is 3. The van der Waals surface area contributed by atoms with Crippen LogP contribution in [0.2, 0.25) is 0 Å². The summed E-state index contributed by atoms with van der Waals surface area (Å²) >= 11 is 1.27. The van der Waals surface area contributed by atoms with Gasteiger partial charge in [0, 0.05) is 36.6 Å². The molecule has 3 aromatic rings. The summed E-state index contributed by atoms with van der Waals surface area (Å²) in [6.07, 6.45) is 1.19. The number of rotatable bonds is 5. The molecular weight excluding hydrogens is 488 g/mol. The number of nitrogens with one attached hydrogen (secondary N) is 1. The van der Waals surface area contributed by atoms with Crippen molar-refractivity contribution in [3.05, 3.63) is 53.4 Å². The van der Waals surface area contributed by atoms with Crippen LogP contribution in [0.5, 0.6) is 5.75 Å². The first kappa shape index (κ1) is 23.5. The molecule has 2 aliphatic heterocycles. The minimum Gasteiger partial charge on any atom is -0.479 e. The lowest BCUT2D eigenvalue weighted by Crippen LogP contribution is -2.41. The largest absolute Gasteiger partial charge is 0.479 e. The molecule has 1 aromatic heterocycles. The van der Waals surface area contributed by atoms with Gasteiger partial charge in [0.15, 0.2) is 11.2 Å². The Balaban J connectivity index is 1.30. The number of fused-ring (bicyclic) bond motifs is 1. The van der Waals surface area contributed by atoms with Gasteiger partial charge in [0.05, 0.1) is 16.3 Å². The molecule has 11 heteroatoms. The average molecular weight is 513 g/mol. The maximum absolute atomic E-state index is 12.7. The maximum Gasteiger partial charge on any atom is 0.267 e. The zero-order valence-corrected chi connectivity index (χ0v) is 20.9. The first-order chi connectivity index (χ1) is 16.7. The number of aromatic nitrogens is 1. The van der Waals surface area contributed by atoms with Gasteiger partial charge in [-0.2, -0.15) is 4.31 Å². The third kappa shape index (κ3) is 4.42. The van der Waals surface area contributed by atoms with Crippen LogP contribution < -0.4 is 15.0 Å². The number of likely N-dealkylation sites (N-methyl/N-ethyl adjacent to an activating group) is 1. The molecule has 9 nitrogen and oxygen atoms in total. The highest BCUT2D eigenvalue weighted by molar-refractivity contribution is 7.89. The van der Waals surface area contributed by atoms with Gasteiger partial charge in [0.2, 0.25) is 10.0 Å². The highest BCUT2D eigenvalue weighted by Crippen LogP contribution is 2.37. The molecule has 0 radical (unpaired) electrons. The monoisotopic (exact) mass is 512 g/mol. The zero-order chi connectivity index (χ0) is 24.7. The zero-order valence-electron chi connectivity index (χ0n) is 19.2. The van der Waals surface area contributed by atoms with Gasteiger partial charge in [-0.1, -0.05) is 0 Å². The van der Waals surface area contributed by atoms with Gasteiger partial charge in [-0.3, -0.25) is 14.9 Å². The fraction of sp³-hybridized carbons (Fsp3) is 0.292. The van der Waals surface area contributed by atoms with Crippen molar-refractivity contribution in [2.75, 3.05) is 30.4 Å². The van der Waals surface area contributed by atoms with Crippen LogP contribution in [0.1, 0.15) is 30.1 Å². The molecule has 182 valence electrons. The third-order valence-corrected chi connectivity index (χ3v) is 8.81. The fourth-order valence-electron chi connectivity index (χ4n) is 4.16. The van der Waals surface area contributed by atoms with E-state index in [0.29, 0.717) is 40.9 Å². The highest BCUT2D eigenvalue weighted by Gasteiger charge is 2.29. The quantitative estimate of drug-likeness (QED) is 0.560. The maximum atomic E-state index is 12.7. The van der Waals surface area contributed by atoms with E-state index in [2.05, 4.69) is 10.3 Å². The molecule has 1 fully saturated rings. The molecule has 2 aliphatic rings. The first-order valence-corrected chi connectivity index (χ1v) is 13.5. The summed E-state index contributed by atoms with van der Waals surface area (Å²) in [7, 11) is -1.82. The number of thiazole rings is 1. The third-order valence-electron chi connectivity index (χ3n) is 6.14. The lowest BCUT2D eigenvalue weighted by atomic mass is 10.1. The molecule has 1 N–H and O–H groups in total. The van der Waals surface area contributed by atoms with E-state index in [0.717, 1.165) is 18.4 Å². The number of ether oxygens (including phenoxy) is 1. The number of sulfonamides is 1. The van der Waals surface area contributed by atoms with Gasteiger partial charge in [-0.25, -0.2) is 13.4 Å². The van der Waals surface area contributed by atoms with Gasteiger partial charge in [-0.15, -0.1) is 11.3 Å². The normalized spacial score (nSPS) is 18.3. The molecule has 0 bridgehead atoms. The molecule has 2 aromatic carbocycles. The van der Waals surface area contributed by atoms with E-state index >= 15 is 0 Å². The molecule has 35 heavy (non-hydrogen) atoms. The van der Waals surface area contributed by atoms with E-state index in [9.17, 15) is 18.0 Å². The summed E-state index contributed by atoms with van der Waals surface area (Å²) in [5.74, 6) is 0.122. The second-order valence-corrected chi connectivity index (χ2v) is 11.3. The van der Waals surface area contributed by atoms with Crippen molar-refractivity contribution >= 4 is 44.0 Å². The Morgan fingerprint density at radius 2 is 1.86 bits per heavy atom. The summed E-state index contributed by atoms with van der Waals surface area (Å²) < 4.78 is 32.5. The SMILES string of the molecule is CC1Oc2ccc(-c3csc(NC(=O)c4ccc(S(=O)(=O)N5CCCC5)cc4)n3)cc2N(C)C1=O. The Bertz CT molecular complexity index is 1400. The van der Waals surface area contributed by atoms with E-state index < -0.39 is 16.1 Å². The Morgan fingerprint density at radius 3 is 2.57 bits per heavy atom. The summed E-state index contributed by atoms with van der Waals surface area (Å²) in [6, 6.07) is 11.4. The molecule has 0 aliphatic carbocycles. The fourth-order valence-corrected chi connectivity index (χ4v) is 6.39. The van der Waals surface area contributed by atoms with Crippen molar-refractivity contribution in [2.24, 2.45) is 0 Å². The van der Waals surface area contributed by atoms with Crippen LogP contribution in [-0.2, 0) is 14.8 Å². The smallest absolute Gasteiger partial charge is 0.267 e. The molecule has 1 atom stereocenters. The Kier molecular flexibility index (Phi) is 6.07. The van der Waals surface area contributed by atoms with Gasteiger partial charge < -0.3 is 9.64 Å². The van der Waals surface area contributed by atoms with Crippen LogP contribution in [0.4, 0.5) is 10.8 Å². The molecule has 3 heterocycles. The minimum absolute atomic E-state index is 0.125. The van der Waals surface area contributed by atoms with Crippen LogP contribution in [-0.4, -0.2) is 55.8 Å². The summed E-state index contributed by atoms with van der Waals surface area (Å²) in [5.41, 5.74) is 2.44. The van der Waals surface area contributed by atoms with Gasteiger partial charge in [0.25, 0.3) is 11.8 Å². The topological polar surface area (TPSA) is 109 Å². The Morgan fingerprint density at radius 1 is 1.14 bits per heavy atom. The Hall–Kier alpha value is -3.28. The van der Waals surface area contributed by atoms with Crippen molar-refractivity contribution in [1.29, 1.82) is 0 Å². The molecule has 5 rings (SSSR count). The van der Waals surface area contributed by atoms with Crippen LogP contribution in [0, 0.1) is 0 Å². The highest BCUT2D eigenvalue weighted by atomic mass is 32.2. The molecule has 2 amide bonds. The second kappa shape index (κ2) is 9.06. The predicted octanol–water partition coefficient (Wildman–Crippen LogP) is 3.59. The second-order valence-electron chi connectivity index (χ2n) is 8.47. The standard InChI is InChI=1S/C24H24N4O5S2/c1-15-23(30)27(2)20-13-17(7-10-21(20)33-15)19-14-34-24(25-19)26-22(29)16-5-8-18(9-6-16)35(31,32)28-11-3-4-12-28/h5-10,13-15H,3-4,11-12H2,1-2H3,(H,25,26,29). The average Bonchev–Trinajstić information content (AvgIpc) is 3.56. The summed E-state index contributed by atoms with van der Waals surface area (Å²) in [5, 5.41) is 4.99. The van der Waals surface area contributed by atoms with E-state index in [1.54, 1.807) is 24.9 Å². The van der Waals surface area contributed by atoms with Gasteiger partial charge >= 0.3 is 0 Å². The van der Waals surface area contributed by atoms with Crippen LogP contribution in [0.3, 0.4) is 0 Å². The number of carbonyl (C=O) groups excluding carboxylic acids is 2. The lowest BCUT2D eigenvalue weighted by molar-refractivity contribution is -0.125. The van der Waals surface area contributed by atoms with E-state index in [1.165, 1.54) is 39.9 Å². The predicted molar refractivity (Wildman–Crippen MR) is 133 cm³/mol. The van der Waals surface area contributed by atoms with E-state index in [1.807, 2.05) is 17.5 Å². The number of benzene rings is 2. The van der Waals surface area contributed by atoms with Gasteiger partial charge in [0.1, 0.15) is 5.75 Å². The first-order valence-electron chi connectivity index (χ1n) is 11.2. The molecule has 1 unspecified atom stereocenters. The van der Waals surface area contributed by atoms with Crippen LogP contribution >= 0.6 is 11.3 Å². The number of amides is 2. The van der Waals surface area contributed by atoms with E-state index in [-0.39, 0.29) is 16.7 Å². The van der Waals surface area contributed by atoms with Crippen molar-refractivity contribution < 1.29 is 22.7 Å². The number of hydrogen-bond acceptors (Lipinski definition) is 7. The molecular formula is C24H24N4O5S2. The lowest BCUT2D eigenvalue weighted by Gasteiger charge is -2.30. The van der Waals surface area contributed by atoms with Crippen molar-refractivity contribution in [1.82, 2.24) is 9.29 Å². The minimum atomic E-state index is -3.53. The number of anilines is 2.